The van der Waals surface area contributed by atoms with E-state index in [-0.39, 0.29) is 0 Å². The first kappa shape index (κ1) is 14.3. The van der Waals surface area contributed by atoms with Crippen LogP contribution in [0.15, 0.2) is 24.3 Å². The Labute approximate surface area is 100 Å². The number of hydrogen-bond donors (Lipinski definition) is 0. The molecule has 0 unspecified atom stereocenters. The van der Waals surface area contributed by atoms with Crippen LogP contribution in [-0.4, -0.2) is 26.8 Å². The maximum atomic E-state index is 12.0. The average Bonchev–Trinajstić information content (AvgIpc) is 2.17. The summed E-state index contributed by atoms with van der Waals surface area (Å²) >= 11 is 0. The number of para-hydroxylation sites is 2. The monoisotopic (exact) mass is 284 g/mol. The van der Waals surface area contributed by atoms with E-state index in [0.717, 1.165) is 12.1 Å². The molecule has 0 fully saturated rings. The molecule has 9 heteroatoms. The standard InChI is InChI=1S/C9H7F3O5S/c1-18(14,15)17-7-5-3-2-4-6(7)16-8(13)9(10,11)12/h2-5H,1H3. The Morgan fingerprint density at radius 3 is 2.11 bits per heavy atom. The predicted molar refractivity (Wildman–Crippen MR) is 53.6 cm³/mol. The van der Waals surface area contributed by atoms with Crippen molar-refractivity contribution >= 4 is 16.1 Å². The van der Waals surface area contributed by atoms with Crippen molar-refractivity contribution in [3.05, 3.63) is 24.3 Å². The Kier molecular flexibility index (Phi) is 3.85. The molecule has 0 radical (unpaired) electrons. The molecule has 1 rings (SSSR count). The second-order valence-corrected chi connectivity index (χ2v) is 4.70. The van der Waals surface area contributed by atoms with Gasteiger partial charge < -0.3 is 8.92 Å². The number of halogens is 3. The zero-order valence-corrected chi connectivity index (χ0v) is 9.71. The molecular weight excluding hydrogens is 277 g/mol. The quantitative estimate of drug-likeness (QED) is 0.478. The summed E-state index contributed by atoms with van der Waals surface area (Å²) in [6, 6.07) is 4.60. The van der Waals surface area contributed by atoms with E-state index in [4.69, 9.17) is 0 Å². The van der Waals surface area contributed by atoms with Crippen LogP contribution in [0.1, 0.15) is 0 Å². The fourth-order valence-electron chi connectivity index (χ4n) is 0.924. The van der Waals surface area contributed by atoms with Crippen LogP contribution >= 0.6 is 0 Å². The molecule has 1 aromatic carbocycles. The molecule has 0 aliphatic rings. The van der Waals surface area contributed by atoms with Gasteiger partial charge in [-0.15, -0.1) is 0 Å². The third kappa shape index (κ3) is 4.24. The Morgan fingerprint density at radius 2 is 1.67 bits per heavy atom. The maximum Gasteiger partial charge on any atom is 0.491 e. The lowest BCUT2D eigenvalue weighted by Crippen LogP contribution is -2.28. The predicted octanol–water partition coefficient (Wildman–Crippen LogP) is 1.49. The largest absolute Gasteiger partial charge is 0.491 e. The highest BCUT2D eigenvalue weighted by atomic mass is 32.2. The molecule has 0 atom stereocenters. The minimum atomic E-state index is -5.18. The highest BCUT2D eigenvalue weighted by Crippen LogP contribution is 2.29. The number of benzene rings is 1. The molecule has 0 spiro atoms. The van der Waals surface area contributed by atoms with E-state index < -0.39 is 33.8 Å². The summed E-state index contributed by atoms with van der Waals surface area (Å²) in [4.78, 5) is 10.6. The molecule has 0 amide bonds. The molecule has 100 valence electrons. The molecule has 0 saturated heterocycles. The normalized spacial score (nSPS) is 12.0. The van der Waals surface area contributed by atoms with Gasteiger partial charge in [0.2, 0.25) is 0 Å². The van der Waals surface area contributed by atoms with Crippen molar-refractivity contribution in [2.75, 3.05) is 6.26 Å². The molecule has 0 saturated carbocycles. The third-order valence-corrected chi connectivity index (χ3v) is 2.01. The van der Waals surface area contributed by atoms with Gasteiger partial charge in [0.25, 0.3) is 0 Å². The summed E-state index contributed by atoms with van der Waals surface area (Å²) in [5.41, 5.74) is 0. The highest BCUT2D eigenvalue weighted by molar-refractivity contribution is 7.86. The molecule has 0 aliphatic heterocycles. The van der Waals surface area contributed by atoms with Gasteiger partial charge in [0.05, 0.1) is 6.26 Å². The van der Waals surface area contributed by atoms with E-state index in [0.29, 0.717) is 6.26 Å². The molecule has 0 heterocycles. The third-order valence-electron chi connectivity index (χ3n) is 1.52. The van der Waals surface area contributed by atoms with Crippen LogP contribution in [-0.2, 0) is 14.9 Å². The van der Waals surface area contributed by atoms with E-state index in [9.17, 15) is 26.4 Å². The fourth-order valence-corrected chi connectivity index (χ4v) is 1.39. The smallest absolute Gasteiger partial charge is 0.416 e. The van der Waals surface area contributed by atoms with Gasteiger partial charge in [-0.2, -0.15) is 21.6 Å². The highest BCUT2D eigenvalue weighted by Gasteiger charge is 2.41. The van der Waals surface area contributed by atoms with Crippen molar-refractivity contribution in [1.82, 2.24) is 0 Å². The van der Waals surface area contributed by atoms with Gasteiger partial charge in [-0.25, -0.2) is 4.79 Å². The van der Waals surface area contributed by atoms with Crippen LogP contribution in [0, 0.1) is 0 Å². The van der Waals surface area contributed by atoms with Crippen molar-refractivity contribution in [1.29, 1.82) is 0 Å². The lowest BCUT2D eigenvalue weighted by Gasteiger charge is -2.10. The number of esters is 1. The van der Waals surface area contributed by atoms with Gasteiger partial charge >= 0.3 is 22.3 Å². The minimum Gasteiger partial charge on any atom is -0.416 e. The van der Waals surface area contributed by atoms with Crippen LogP contribution in [0.3, 0.4) is 0 Å². The van der Waals surface area contributed by atoms with Crippen molar-refractivity contribution in [3.63, 3.8) is 0 Å². The first-order valence-electron chi connectivity index (χ1n) is 4.37. The Morgan fingerprint density at radius 1 is 1.17 bits per heavy atom. The molecular formula is C9H7F3O5S. The van der Waals surface area contributed by atoms with E-state index in [1.807, 2.05) is 0 Å². The van der Waals surface area contributed by atoms with E-state index >= 15 is 0 Å². The van der Waals surface area contributed by atoms with Gasteiger partial charge in [-0.05, 0) is 12.1 Å². The van der Waals surface area contributed by atoms with Gasteiger partial charge in [0.15, 0.2) is 11.5 Å². The summed E-state index contributed by atoms with van der Waals surface area (Å²) < 4.78 is 66.0. The molecule has 0 aliphatic carbocycles. The maximum absolute atomic E-state index is 12.0. The number of alkyl halides is 3. The lowest BCUT2D eigenvalue weighted by molar-refractivity contribution is -0.189. The summed E-state index contributed by atoms with van der Waals surface area (Å²) in [5, 5.41) is 0. The van der Waals surface area contributed by atoms with Crippen LogP contribution < -0.4 is 8.92 Å². The molecule has 0 aromatic heterocycles. The van der Waals surface area contributed by atoms with Crippen molar-refractivity contribution in [2.45, 2.75) is 6.18 Å². The van der Waals surface area contributed by atoms with Gasteiger partial charge in [0.1, 0.15) is 0 Å². The zero-order chi connectivity index (χ0) is 14.0. The van der Waals surface area contributed by atoms with Gasteiger partial charge in [-0.3, -0.25) is 0 Å². The second kappa shape index (κ2) is 4.84. The Balaban J connectivity index is 3.00. The average molecular weight is 284 g/mol. The zero-order valence-electron chi connectivity index (χ0n) is 8.89. The SMILES string of the molecule is CS(=O)(=O)Oc1ccccc1OC(=O)C(F)(F)F. The number of carbonyl (C=O) groups excluding carboxylic acids is 1. The topological polar surface area (TPSA) is 69.7 Å². The first-order valence-corrected chi connectivity index (χ1v) is 6.19. The molecule has 0 bridgehead atoms. The molecule has 1 aromatic rings. The first-order chi connectivity index (χ1) is 8.09. The van der Waals surface area contributed by atoms with Crippen molar-refractivity contribution < 1.29 is 35.3 Å². The lowest BCUT2D eigenvalue weighted by atomic mass is 10.3. The summed E-state index contributed by atoms with van der Waals surface area (Å²) in [7, 11) is -3.94. The van der Waals surface area contributed by atoms with E-state index in [1.54, 1.807) is 0 Å². The Bertz CT molecular complexity index is 550. The van der Waals surface area contributed by atoms with E-state index in [2.05, 4.69) is 8.92 Å². The fraction of sp³-hybridized carbons (Fsp3) is 0.222. The van der Waals surface area contributed by atoms with Crippen LogP contribution in [0.4, 0.5) is 13.2 Å². The summed E-state index contributed by atoms with van der Waals surface area (Å²) in [6.07, 6.45) is -4.48. The van der Waals surface area contributed by atoms with Crippen molar-refractivity contribution in [3.8, 4) is 11.5 Å². The minimum absolute atomic E-state index is 0.502. The van der Waals surface area contributed by atoms with Gasteiger partial charge in [-0.1, -0.05) is 12.1 Å². The van der Waals surface area contributed by atoms with Gasteiger partial charge in [0, 0.05) is 0 Å². The summed E-state index contributed by atoms with van der Waals surface area (Å²) in [6.45, 7) is 0. The van der Waals surface area contributed by atoms with Crippen LogP contribution in [0.25, 0.3) is 0 Å². The van der Waals surface area contributed by atoms with E-state index in [1.165, 1.54) is 12.1 Å². The van der Waals surface area contributed by atoms with Crippen molar-refractivity contribution in [2.24, 2.45) is 0 Å². The summed E-state index contributed by atoms with van der Waals surface area (Å²) in [5.74, 6) is -3.60. The molecule has 0 N–H and O–H groups in total. The number of rotatable bonds is 3. The number of ether oxygens (including phenoxy) is 1. The van der Waals surface area contributed by atoms with Crippen LogP contribution in [0.2, 0.25) is 0 Å². The number of hydrogen-bond acceptors (Lipinski definition) is 5. The Hall–Kier alpha value is -1.77. The van der Waals surface area contributed by atoms with Crippen LogP contribution in [0.5, 0.6) is 11.5 Å². The molecule has 5 nitrogen and oxygen atoms in total. The molecule has 18 heavy (non-hydrogen) atoms. The second-order valence-electron chi connectivity index (χ2n) is 3.12. The number of carbonyl (C=O) groups is 1.